The molecule has 3 rings (SSSR count). The van der Waals surface area contributed by atoms with Gasteiger partial charge < -0.3 is 16.4 Å². The number of hydrogen-bond donors (Lipinski definition) is 3. The first-order valence-electron chi connectivity index (χ1n) is 7.95. The second-order valence-electron chi connectivity index (χ2n) is 6.17. The second kappa shape index (κ2) is 6.68. The number of nitrogens with two attached hydrogens (primary N) is 1. The van der Waals surface area contributed by atoms with Gasteiger partial charge in [0.2, 0.25) is 5.91 Å². The van der Waals surface area contributed by atoms with Gasteiger partial charge >= 0.3 is 0 Å². The van der Waals surface area contributed by atoms with Crippen molar-refractivity contribution in [3.8, 4) is 0 Å². The molecule has 1 aromatic carbocycles. The number of rotatable bonds is 4. The van der Waals surface area contributed by atoms with Gasteiger partial charge in [-0.05, 0) is 44.0 Å². The van der Waals surface area contributed by atoms with Crippen LogP contribution in [-0.4, -0.2) is 16.4 Å². The molecule has 1 heterocycles. The van der Waals surface area contributed by atoms with Crippen molar-refractivity contribution in [2.45, 2.75) is 44.6 Å². The Morgan fingerprint density at radius 1 is 1.17 bits per heavy atom. The molecule has 2 aromatic rings. The summed E-state index contributed by atoms with van der Waals surface area (Å²) in [6.07, 6.45) is 4.76. The summed E-state index contributed by atoms with van der Waals surface area (Å²) < 4.78 is 0. The first-order valence-corrected chi connectivity index (χ1v) is 8.83. The van der Waals surface area contributed by atoms with Crippen LogP contribution in [0.3, 0.4) is 0 Å². The van der Waals surface area contributed by atoms with Gasteiger partial charge in [0.25, 0.3) is 0 Å². The van der Waals surface area contributed by atoms with Crippen LogP contribution in [0.4, 0.5) is 16.5 Å². The smallest absolute Gasteiger partial charge is 0.244 e. The molecule has 122 valence electrons. The fourth-order valence-corrected chi connectivity index (χ4v) is 3.55. The van der Waals surface area contributed by atoms with Crippen molar-refractivity contribution in [1.82, 2.24) is 4.98 Å². The Balaban J connectivity index is 1.62. The average Bonchev–Trinajstić information content (AvgIpc) is 2.95. The predicted octanol–water partition coefficient (Wildman–Crippen LogP) is 3.80. The van der Waals surface area contributed by atoms with Crippen LogP contribution in [0.2, 0.25) is 0 Å². The summed E-state index contributed by atoms with van der Waals surface area (Å²) in [6, 6.07) is 7.62. The van der Waals surface area contributed by atoms with Gasteiger partial charge in [-0.15, -0.1) is 11.3 Å². The first kappa shape index (κ1) is 16.0. The molecule has 0 bridgehead atoms. The molecule has 0 spiro atoms. The van der Waals surface area contributed by atoms with Gasteiger partial charge in [-0.25, -0.2) is 4.98 Å². The van der Waals surface area contributed by atoms with Gasteiger partial charge in [0.1, 0.15) is 0 Å². The maximum atomic E-state index is 12.4. The van der Waals surface area contributed by atoms with Crippen molar-refractivity contribution in [3.05, 3.63) is 35.3 Å². The lowest BCUT2D eigenvalue weighted by molar-refractivity contribution is -0.122. The molecule has 0 saturated heterocycles. The largest absolute Gasteiger partial charge is 0.332 e. The van der Waals surface area contributed by atoms with E-state index >= 15 is 0 Å². The van der Waals surface area contributed by atoms with Crippen LogP contribution < -0.4 is 16.4 Å². The number of benzene rings is 1. The molecule has 0 atom stereocenters. The van der Waals surface area contributed by atoms with Gasteiger partial charge in [-0.1, -0.05) is 19.3 Å². The van der Waals surface area contributed by atoms with Gasteiger partial charge in [0.05, 0.1) is 11.2 Å². The zero-order valence-corrected chi connectivity index (χ0v) is 14.1. The third kappa shape index (κ3) is 3.89. The molecule has 1 aliphatic rings. The lowest BCUT2D eigenvalue weighted by Gasteiger charge is -2.31. The van der Waals surface area contributed by atoms with Gasteiger partial charge in [-0.2, -0.15) is 0 Å². The second-order valence-corrected chi connectivity index (χ2v) is 7.03. The van der Waals surface area contributed by atoms with Gasteiger partial charge in [0.15, 0.2) is 5.13 Å². The van der Waals surface area contributed by atoms with Crippen molar-refractivity contribution in [2.24, 2.45) is 5.73 Å². The topological polar surface area (TPSA) is 80.0 Å². The summed E-state index contributed by atoms with van der Waals surface area (Å²) in [7, 11) is 0. The van der Waals surface area contributed by atoms with Crippen molar-refractivity contribution in [2.75, 3.05) is 10.6 Å². The monoisotopic (exact) mass is 330 g/mol. The predicted molar refractivity (Wildman–Crippen MR) is 95.2 cm³/mol. The van der Waals surface area contributed by atoms with Crippen molar-refractivity contribution in [3.63, 3.8) is 0 Å². The number of amides is 1. The molecule has 1 aromatic heterocycles. The molecular weight excluding hydrogens is 308 g/mol. The number of thiazole rings is 1. The van der Waals surface area contributed by atoms with E-state index < -0.39 is 5.54 Å². The van der Waals surface area contributed by atoms with Gasteiger partial charge in [-0.3, -0.25) is 4.79 Å². The van der Waals surface area contributed by atoms with Crippen LogP contribution in [0.25, 0.3) is 0 Å². The van der Waals surface area contributed by atoms with Crippen LogP contribution in [0.1, 0.15) is 37.8 Å². The normalized spacial score (nSPS) is 16.8. The van der Waals surface area contributed by atoms with E-state index in [9.17, 15) is 4.79 Å². The molecular formula is C17H22N4OS. The minimum absolute atomic E-state index is 0.0755. The fourth-order valence-electron chi connectivity index (χ4n) is 2.84. The highest BCUT2D eigenvalue weighted by Crippen LogP contribution is 2.28. The van der Waals surface area contributed by atoms with E-state index in [2.05, 4.69) is 15.6 Å². The van der Waals surface area contributed by atoms with Crippen molar-refractivity contribution < 1.29 is 4.79 Å². The summed E-state index contributed by atoms with van der Waals surface area (Å²) in [5, 5.41) is 9.05. The number of nitrogens with zero attached hydrogens (tertiary/aromatic N) is 1. The molecule has 1 saturated carbocycles. The minimum atomic E-state index is -0.715. The summed E-state index contributed by atoms with van der Waals surface area (Å²) in [6.45, 7) is 1.97. The Morgan fingerprint density at radius 2 is 1.83 bits per heavy atom. The number of aromatic nitrogens is 1. The Kier molecular flexibility index (Phi) is 4.63. The Labute approximate surface area is 140 Å². The van der Waals surface area contributed by atoms with Crippen molar-refractivity contribution >= 4 is 33.8 Å². The highest BCUT2D eigenvalue weighted by Gasteiger charge is 2.35. The van der Waals surface area contributed by atoms with Crippen LogP contribution in [0.15, 0.2) is 29.6 Å². The minimum Gasteiger partial charge on any atom is -0.332 e. The number of aryl methyl sites for hydroxylation is 1. The number of anilines is 3. The quantitative estimate of drug-likeness (QED) is 0.796. The maximum Gasteiger partial charge on any atom is 0.244 e. The van der Waals surface area contributed by atoms with E-state index in [4.69, 9.17) is 5.73 Å². The van der Waals surface area contributed by atoms with E-state index in [1.807, 2.05) is 36.6 Å². The summed E-state index contributed by atoms with van der Waals surface area (Å²) >= 11 is 1.57. The Morgan fingerprint density at radius 3 is 2.43 bits per heavy atom. The molecule has 23 heavy (non-hydrogen) atoms. The molecule has 1 amide bonds. The molecule has 4 N–H and O–H groups in total. The van der Waals surface area contributed by atoms with Crippen LogP contribution in [0, 0.1) is 6.92 Å². The highest BCUT2D eigenvalue weighted by atomic mass is 32.1. The lowest BCUT2D eigenvalue weighted by Crippen LogP contribution is -2.52. The number of carbonyl (C=O) groups excluding carboxylic acids is 1. The molecule has 0 aliphatic heterocycles. The first-order chi connectivity index (χ1) is 11.0. The summed E-state index contributed by atoms with van der Waals surface area (Å²) in [4.78, 5) is 16.8. The van der Waals surface area contributed by atoms with Crippen LogP contribution >= 0.6 is 11.3 Å². The molecule has 1 fully saturated rings. The third-order valence-electron chi connectivity index (χ3n) is 4.21. The standard InChI is InChI=1S/C17H22N4OS/c1-12-11-23-16(19-12)21-14-7-5-13(6-8-14)20-15(22)17(18)9-3-2-4-10-17/h5-8,11H,2-4,9-10,18H2,1H3,(H,19,21)(H,20,22). The highest BCUT2D eigenvalue weighted by molar-refractivity contribution is 7.13. The molecule has 0 unspecified atom stereocenters. The SMILES string of the molecule is Cc1csc(Nc2ccc(NC(=O)C3(N)CCCCC3)cc2)n1. The fraction of sp³-hybridized carbons (Fsp3) is 0.412. The lowest BCUT2D eigenvalue weighted by atomic mass is 9.82. The zero-order chi connectivity index (χ0) is 16.3. The molecule has 6 heteroatoms. The van der Waals surface area contributed by atoms with Crippen LogP contribution in [-0.2, 0) is 4.79 Å². The average molecular weight is 330 g/mol. The summed E-state index contributed by atoms with van der Waals surface area (Å²) in [5.74, 6) is -0.0755. The Hall–Kier alpha value is -1.92. The third-order valence-corrected chi connectivity index (χ3v) is 5.09. The zero-order valence-electron chi connectivity index (χ0n) is 13.3. The molecule has 5 nitrogen and oxygen atoms in total. The van der Waals surface area contributed by atoms with E-state index in [-0.39, 0.29) is 5.91 Å². The van der Waals surface area contributed by atoms with Crippen molar-refractivity contribution in [1.29, 1.82) is 0 Å². The van der Waals surface area contributed by atoms with Crippen LogP contribution in [0.5, 0.6) is 0 Å². The van der Waals surface area contributed by atoms with E-state index in [0.29, 0.717) is 0 Å². The molecule has 0 radical (unpaired) electrons. The maximum absolute atomic E-state index is 12.4. The Bertz CT molecular complexity index is 674. The number of hydrogen-bond acceptors (Lipinski definition) is 5. The van der Waals surface area contributed by atoms with Gasteiger partial charge in [0, 0.05) is 16.8 Å². The van der Waals surface area contributed by atoms with E-state index in [1.54, 1.807) is 11.3 Å². The van der Waals surface area contributed by atoms with E-state index in [0.717, 1.165) is 47.9 Å². The number of carbonyl (C=O) groups is 1. The molecule has 1 aliphatic carbocycles. The number of nitrogens with one attached hydrogen (secondary N) is 2. The van der Waals surface area contributed by atoms with E-state index in [1.165, 1.54) is 6.42 Å². The summed E-state index contributed by atoms with van der Waals surface area (Å²) in [5.41, 5.74) is 8.25.